The van der Waals surface area contributed by atoms with E-state index in [1.807, 2.05) is 44.2 Å². The molecule has 1 N–H and O–H groups in total. The number of rotatable bonds is 13. The van der Waals surface area contributed by atoms with E-state index in [2.05, 4.69) is 5.32 Å². The maximum atomic E-state index is 14.5. The molecule has 2 amide bonds. The molecule has 0 aliphatic rings. The van der Waals surface area contributed by atoms with Crippen molar-refractivity contribution < 1.29 is 18.0 Å². The van der Waals surface area contributed by atoms with E-state index in [4.69, 9.17) is 34.8 Å². The van der Waals surface area contributed by atoms with Gasteiger partial charge in [-0.15, -0.1) is 0 Å². The van der Waals surface area contributed by atoms with Crippen molar-refractivity contribution in [1.82, 2.24) is 10.2 Å². The van der Waals surface area contributed by atoms with Crippen molar-refractivity contribution in [3.63, 3.8) is 0 Å². The van der Waals surface area contributed by atoms with Gasteiger partial charge >= 0.3 is 0 Å². The van der Waals surface area contributed by atoms with Gasteiger partial charge in [0.2, 0.25) is 11.8 Å². The smallest absolute Gasteiger partial charge is 0.264 e. The van der Waals surface area contributed by atoms with Gasteiger partial charge in [0.1, 0.15) is 12.6 Å². The second-order valence-electron chi connectivity index (χ2n) is 10.9. The van der Waals surface area contributed by atoms with Gasteiger partial charge in [-0.3, -0.25) is 13.9 Å². The molecular formula is C34H34Cl3N3O4S. The van der Waals surface area contributed by atoms with Crippen LogP contribution in [0.3, 0.4) is 0 Å². The fourth-order valence-electron chi connectivity index (χ4n) is 4.71. The van der Waals surface area contributed by atoms with Gasteiger partial charge in [0.05, 0.1) is 10.6 Å². The number of benzene rings is 4. The highest BCUT2D eigenvalue weighted by molar-refractivity contribution is 7.92. The van der Waals surface area contributed by atoms with Gasteiger partial charge < -0.3 is 10.2 Å². The topological polar surface area (TPSA) is 86.8 Å². The zero-order valence-corrected chi connectivity index (χ0v) is 28.0. The molecular weight excluding hydrogens is 653 g/mol. The van der Waals surface area contributed by atoms with E-state index in [0.29, 0.717) is 27.2 Å². The first kappa shape index (κ1) is 34.3. The molecule has 0 radical (unpaired) electrons. The van der Waals surface area contributed by atoms with Crippen LogP contribution in [0.2, 0.25) is 15.1 Å². The molecule has 4 aromatic rings. The number of nitrogens with zero attached hydrogens (tertiary/aromatic N) is 2. The van der Waals surface area contributed by atoms with E-state index in [-0.39, 0.29) is 35.4 Å². The molecule has 0 aromatic heterocycles. The summed E-state index contributed by atoms with van der Waals surface area (Å²) in [6, 6.07) is 27.3. The third kappa shape index (κ3) is 9.01. The van der Waals surface area contributed by atoms with Crippen molar-refractivity contribution in [3.8, 4) is 0 Å². The Bertz CT molecular complexity index is 1700. The second-order valence-corrected chi connectivity index (χ2v) is 14.0. The Kier molecular flexibility index (Phi) is 11.9. The summed E-state index contributed by atoms with van der Waals surface area (Å²) < 4.78 is 29.1. The van der Waals surface area contributed by atoms with E-state index in [1.54, 1.807) is 54.6 Å². The summed E-state index contributed by atoms with van der Waals surface area (Å²) in [6.07, 6.45) is 0.168. The number of hydrogen-bond acceptors (Lipinski definition) is 4. The molecule has 0 unspecified atom stereocenters. The lowest BCUT2D eigenvalue weighted by Crippen LogP contribution is -2.53. The summed E-state index contributed by atoms with van der Waals surface area (Å²) in [7, 11) is -4.24. The number of amides is 2. The number of carbonyl (C=O) groups is 2. The molecule has 0 aliphatic heterocycles. The molecule has 0 bridgehead atoms. The van der Waals surface area contributed by atoms with Crippen LogP contribution < -0.4 is 9.62 Å². The normalized spacial score (nSPS) is 12.0. The van der Waals surface area contributed by atoms with Crippen LogP contribution >= 0.6 is 34.8 Å². The Hall–Kier alpha value is -3.56. The molecule has 0 heterocycles. The molecule has 1 atom stereocenters. The molecule has 0 saturated heterocycles. The van der Waals surface area contributed by atoms with Gasteiger partial charge in [-0.1, -0.05) is 109 Å². The Balaban J connectivity index is 1.83. The van der Waals surface area contributed by atoms with Crippen molar-refractivity contribution in [1.29, 1.82) is 0 Å². The average molecular weight is 687 g/mol. The first-order valence-electron chi connectivity index (χ1n) is 14.3. The SMILES string of the molecule is CC(C)CNC(=O)[C@@H](Cc1ccccc1)N(Cc1c(Cl)cccc1Cl)C(=O)CN(c1cccc(Cl)c1)S(=O)(=O)c1ccccc1. The molecule has 45 heavy (non-hydrogen) atoms. The standard InChI is InChI=1S/C34H34Cl3N3O4S/c1-24(2)21-38-34(42)32(19-25-11-5-3-6-12-25)39(22-29-30(36)17-10-18-31(29)37)33(41)23-40(27-14-9-13-26(35)20-27)45(43,44)28-15-7-4-8-16-28/h3-18,20,24,32H,19,21-23H2,1-2H3,(H,38,42)/t32-/m1/s1. The highest BCUT2D eigenvalue weighted by Gasteiger charge is 2.35. The quantitative estimate of drug-likeness (QED) is 0.161. The summed E-state index contributed by atoms with van der Waals surface area (Å²) in [6.45, 7) is 3.56. The summed E-state index contributed by atoms with van der Waals surface area (Å²) in [5.41, 5.74) is 1.44. The molecule has 7 nitrogen and oxygen atoms in total. The van der Waals surface area contributed by atoms with E-state index in [9.17, 15) is 18.0 Å². The van der Waals surface area contributed by atoms with Crippen LogP contribution in [0, 0.1) is 5.92 Å². The Morgan fingerprint density at radius 3 is 2.00 bits per heavy atom. The van der Waals surface area contributed by atoms with Crippen LogP contribution in [0.4, 0.5) is 5.69 Å². The lowest BCUT2D eigenvalue weighted by Gasteiger charge is -2.34. The third-order valence-corrected chi connectivity index (χ3v) is 9.78. The highest BCUT2D eigenvalue weighted by atomic mass is 35.5. The maximum absolute atomic E-state index is 14.5. The van der Waals surface area contributed by atoms with E-state index in [0.717, 1.165) is 9.87 Å². The van der Waals surface area contributed by atoms with E-state index in [1.165, 1.54) is 23.1 Å². The van der Waals surface area contributed by atoms with Gasteiger partial charge in [0.15, 0.2) is 0 Å². The molecule has 0 saturated carbocycles. The van der Waals surface area contributed by atoms with Crippen molar-refractivity contribution in [2.45, 2.75) is 37.8 Å². The minimum Gasteiger partial charge on any atom is -0.354 e. The summed E-state index contributed by atoms with van der Waals surface area (Å²) >= 11 is 19.4. The minimum absolute atomic E-state index is 0.00557. The number of carbonyl (C=O) groups excluding carboxylic acids is 2. The number of sulfonamides is 1. The highest BCUT2D eigenvalue weighted by Crippen LogP contribution is 2.30. The first-order valence-corrected chi connectivity index (χ1v) is 16.9. The van der Waals surface area contributed by atoms with Crippen LogP contribution in [-0.2, 0) is 32.6 Å². The maximum Gasteiger partial charge on any atom is 0.264 e. The molecule has 11 heteroatoms. The van der Waals surface area contributed by atoms with Crippen LogP contribution in [0.1, 0.15) is 25.0 Å². The van der Waals surface area contributed by atoms with Gasteiger partial charge in [-0.25, -0.2) is 8.42 Å². The summed E-state index contributed by atoms with van der Waals surface area (Å²) in [4.78, 5) is 29.7. The zero-order chi connectivity index (χ0) is 32.6. The molecule has 4 rings (SSSR count). The molecule has 236 valence electrons. The van der Waals surface area contributed by atoms with Crippen LogP contribution in [0.5, 0.6) is 0 Å². The van der Waals surface area contributed by atoms with E-state index >= 15 is 0 Å². The van der Waals surface area contributed by atoms with Crippen molar-refractivity contribution >= 4 is 62.3 Å². The van der Waals surface area contributed by atoms with Gasteiger partial charge in [0.25, 0.3) is 10.0 Å². The molecule has 0 fully saturated rings. The predicted octanol–water partition coefficient (Wildman–Crippen LogP) is 7.25. The van der Waals surface area contributed by atoms with Crippen molar-refractivity contribution in [2.75, 3.05) is 17.4 Å². The molecule has 4 aromatic carbocycles. The van der Waals surface area contributed by atoms with Crippen LogP contribution in [-0.4, -0.2) is 44.3 Å². The largest absolute Gasteiger partial charge is 0.354 e. The predicted molar refractivity (Wildman–Crippen MR) is 181 cm³/mol. The Labute approximate surface area is 279 Å². The van der Waals surface area contributed by atoms with Gasteiger partial charge in [-0.05, 0) is 53.9 Å². The van der Waals surface area contributed by atoms with Gasteiger partial charge in [0, 0.05) is 40.1 Å². The summed E-state index contributed by atoms with van der Waals surface area (Å²) in [5, 5.41) is 3.87. The van der Waals surface area contributed by atoms with Gasteiger partial charge in [-0.2, -0.15) is 0 Å². The molecule has 0 spiro atoms. The number of halogens is 3. The second kappa shape index (κ2) is 15.6. The van der Waals surface area contributed by atoms with Crippen molar-refractivity contribution in [2.24, 2.45) is 5.92 Å². The fourth-order valence-corrected chi connectivity index (χ4v) is 6.84. The third-order valence-electron chi connectivity index (χ3n) is 7.05. The van der Waals surface area contributed by atoms with Crippen LogP contribution in [0.25, 0.3) is 0 Å². The van der Waals surface area contributed by atoms with Crippen molar-refractivity contribution in [3.05, 3.63) is 129 Å². The minimum atomic E-state index is -4.24. The Morgan fingerprint density at radius 1 is 0.800 bits per heavy atom. The Morgan fingerprint density at radius 2 is 1.40 bits per heavy atom. The lowest BCUT2D eigenvalue weighted by atomic mass is 10.0. The summed E-state index contributed by atoms with van der Waals surface area (Å²) in [5.74, 6) is -0.863. The number of anilines is 1. The monoisotopic (exact) mass is 685 g/mol. The van der Waals surface area contributed by atoms with E-state index < -0.39 is 28.5 Å². The molecule has 0 aliphatic carbocycles. The number of hydrogen-bond donors (Lipinski definition) is 1. The van der Waals surface area contributed by atoms with Crippen LogP contribution in [0.15, 0.2) is 108 Å². The fraction of sp³-hybridized carbons (Fsp3) is 0.235. The average Bonchev–Trinajstić information content (AvgIpc) is 3.02. The zero-order valence-electron chi connectivity index (χ0n) is 24.9. The number of nitrogens with one attached hydrogen (secondary N) is 1. The lowest BCUT2D eigenvalue weighted by molar-refractivity contribution is -0.140. The first-order chi connectivity index (χ1) is 21.5.